The van der Waals surface area contributed by atoms with Crippen LogP contribution in [-0.4, -0.2) is 37.0 Å². The molecular formula is C20H21NO3. The van der Waals surface area contributed by atoms with Gasteiger partial charge in [-0.15, -0.1) is 0 Å². The van der Waals surface area contributed by atoms with Crippen molar-refractivity contribution in [1.82, 2.24) is 4.90 Å². The van der Waals surface area contributed by atoms with Gasteiger partial charge in [-0.2, -0.15) is 0 Å². The summed E-state index contributed by atoms with van der Waals surface area (Å²) in [6, 6.07) is 20.3. The minimum atomic E-state index is -0.352. The fourth-order valence-corrected chi connectivity index (χ4v) is 3.27. The summed E-state index contributed by atoms with van der Waals surface area (Å²) in [5.41, 5.74) is 2.33. The third kappa shape index (κ3) is 3.48. The summed E-state index contributed by atoms with van der Waals surface area (Å²) >= 11 is 0. The Bertz CT molecular complexity index is 660. The zero-order valence-electron chi connectivity index (χ0n) is 13.7. The molecular weight excluding hydrogens is 302 g/mol. The fraction of sp³-hybridized carbons (Fsp3) is 0.300. The summed E-state index contributed by atoms with van der Waals surface area (Å²) in [4.78, 5) is 25.8. The molecule has 1 aliphatic heterocycles. The molecule has 4 nitrogen and oxygen atoms in total. The Labute approximate surface area is 142 Å². The monoisotopic (exact) mass is 323 g/mol. The van der Waals surface area contributed by atoms with Gasteiger partial charge in [-0.05, 0) is 11.1 Å². The van der Waals surface area contributed by atoms with E-state index in [1.54, 1.807) is 4.90 Å². The summed E-state index contributed by atoms with van der Waals surface area (Å²) in [6.45, 7) is 1.00. The molecule has 1 amide bonds. The average molecular weight is 323 g/mol. The molecule has 0 saturated carbocycles. The number of ether oxygens (including phenoxy) is 1. The minimum Gasteiger partial charge on any atom is -0.469 e. The van der Waals surface area contributed by atoms with E-state index >= 15 is 0 Å². The van der Waals surface area contributed by atoms with E-state index in [0.717, 1.165) is 11.1 Å². The lowest BCUT2D eigenvalue weighted by molar-refractivity contribution is -0.145. The molecule has 4 heteroatoms. The summed E-state index contributed by atoms with van der Waals surface area (Å²) < 4.78 is 4.79. The van der Waals surface area contributed by atoms with Gasteiger partial charge in [-0.25, -0.2) is 0 Å². The second kappa shape index (κ2) is 7.30. The van der Waals surface area contributed by atoms with E-state index in [-0.39, 0.29) is 30.1 Å². The molecule has 1 aliphatic rings. The summed E-state index contributed by atoms with van der Waals surface area (Å²) in [7, 11) is 1.37. The molecule has 2 aromatic carbocycles. The van der Waals surface area contributed by atoms with Crippen molar-refractivity contribution in [1.29, 1.82) is 0 Å². The molecule has 3 rings (SSSR count). The number of rotatable bonds is 5. The van der Waals surface area contributed by atoms with Gasteiger partial charge in [0.05, 0.1) is 13.0 Å². The van der Waals surface area contributed by atoms with Crippen molar-refractivity contribution in [2.75, 3.05) is 20.2 Å². The van der Waals surface area contributed by atoms with Crippen LogP contribution in [-0.2, 0) is 14.3 Å². The number of hydrogen-bond acceptors (Lipinski definition) is 3. The Kier molecular flexibility index (Phi) is 4.94. The molecule has 1 saturated heterocycles. The van der Waals surface area contributed by atoms with E-state index < -0.39 is 0 Å². The Balaban J connectivity index is 1.83. The van der Waals surface area contributed by atoms with Crippen LogP contribution in [0.1, 0.15) is 23.5 Å². The van der Waals surface area contributed by atoms with Crippen molar-refractivity contribution in [3.8, 4) is 0 Å². The van der Waals surface area contributed by atoms with Crippen LogP contribution in [0, 0.1) is 5.92 Å². The highest BCUT2D eigenvalue weighted by Gasteiger charge is 2.36. The molecule has 0 N–H and O–H groups in total. The quantitative estimate of drug-likeness (QED) is 0.795. The molecule has 124 valence electrons. The Morgan fingerprint density at radius 3 is 2.12 bits per heavy atom. The highest BCUT2D eigenvalue weighted by Crippen LogP contribution is 2.28. The topological polar surface area (TPSA) is 46.6 Å². The zero-order valence-corrected chi connectivity index (χ0v) is 13.7. The number of amides is 1. The van der Waals surface area contributed by atoms with Gasteiger partial charge in [0.25, 0.3) is 0 Å². The van der Waals surface area contributed by atoms with Crippen LogP contribution in [0.4, 0.5) is 0 Å². The van der Waals surface area contributed by atoms with Gasteiger partial charge >= 0.3 is 5.97 Å². The van der Waals surface area contributed by atoms with Gasteiger partial charge in [0.15, 0.2) is 0 Å². The first kappa shape index (κ1) is 16.2. The maximum atomic E-state index is 12.3. The number of esters is 1. The Morgan fingerprint density at radius 1 is 1.08 bits per heavy atom. The molecule has 2 aromatic rings. The number of benzene rings is 2. The van der Waals surface area contributed by atoms with E-state index in [1.807, 2.05) is 36.4 Å². The highest BCUT2D eigenvalue weighted by atomic mass is 16.5. The average Bonchev–Trinajstić information content (AvgIpc) is 3.01. The highest BCUT2D eigenvalue weighted by molar-refractivity contribution is 5.86. The molecule has 0 aromatic heterocycles. The predicted molar refractivity (Wildman–Crippen MR) is 91.4 cm³/mol. The maximum absolute atomic E-state index is 12.3. The molecule has 24 heavy (non-hydrogen) atoms. The molecule has 0 radical (unpaired) electrons. The lowest BCUT2D eigenvalue weighted by atomic mass is 9.91. The predicted octanol–water partition coefficient (Wildman–Crippen LogP) is 2.84. The van der Waals surface area contributed by atoms with Crippen molar-refractivity contribution < 1.29 is 14.3 Å². The minimum absolute atomic E-state index is 0.0160. The second-order valence-corrected chi connectivity index (χ2v) is 6.10. The molecule has 1 fully saturated rings. The number of hydrogen-bond donors (Lipinski definition) is 0. The van der Waals surface area contributed by atoms with Gasteiger partial charge in [0.2, 0.25) is 5.91 Å². The standard InChI is InChI=1S/C20H21NO3/c1-24-20(23)17-12-19(22)21(13-17)14-18(15-8-4-2-5-9-15)16-10-6-3-7-11-16/h2-11,17-18H,12-14H2,1H3. The molecule has 1 unspecified atom stereocenters. The van der Waals surface area contributed by atoms with Gasteiger partial charge in [0, 0.05) is 25.4 Å². The summed E-state index contributed by atoms with van der Waals surface area (Å²) in [6.07, 6.45) is 0.239. The summed E-state index contributed by atoms with van der Waals surface area (Å²) in [5.74, 6) is -0.550. The van der Waals surface area contributed by atoms with Gasteiger partial charge in [0.1, 0.15) is 0 Å². The first-order valence-corrected chi connectivity index (χ1v) is 8.14. The van der Waals surface area contributed by atoms with Gasteiger partial charge in [-0.3, -0.25) is 9.59 Å². The second-order valence-electron chi connectivity index (χ2n) is 6.10. The van der Waals surface area contributed by atoms with Gasteiger partial charge in [-0.1, -0.05) is 60.7 Å². The van der Waals surface area contributed by atoms with Crippen molar-refractivity contribution in [2.45, 2.75) is 12.3 Å². The molecule has 1 atom stereocenters. The zero-order chi connectivity index (χ0) is 16.9. The number of likely N-dealkylation sites (tertiary alicyclic amines) is 1. The molecule has 0 bridgehead atoms. The molecule has 1 heterocycles. The third-order valence-electron chi connectivity index (χ3n) is 4.56. The lowest BCUT2D eigenvalue weighted by Gasteiger charge is -2.25. The van der Waals surface area contributed by atoms with E-state index in [0.29, 0.717) is 13.1 Å². The number of carbonyl (C=O) groups excluding carboxylic acids is 2. The lowest BCUT2D eigenvalue weighted by Crippen LogP contribution is -2.31. The normalized spacial score (nSPS) is 17.3. The van der Waals surface area contributed by atoms with Crippen molar-refractivity contribution in [3.63, 3.8) is 0 Å². The smallest absolute Gasteiger partial charge is 0.310 e. The first-order valence-electron chi connectivity index (χ1n) is 8.14. The van der Waals surface area contributed by atoms with Crippen LogP contribution < -0.4 is 0 Å². The van der Waals surface area contributed by atoms with Crippen LogP contribution in [0.5, 0.6) is 0 Å². The number of carbonyl (C=O) groups is 2. The SMILES string of the molecule is COC(=O)C1CC(=O)N(CC(c2ccccc2)c2ccccc2)C1. The van der Waals surface area contributed by atoms with Crippen LogP contribution in [0.3, 0.4) is 0 Å². The van der Waals surface area contributed by atoms with Gasteiger partial charge < -0.3 is 9.64 Å². The Morgan fingerprint density at radius 2 is 1.62 bits per heavy atom. The fourth-order valence-electron chi connectivity index (χ4n) is 3.27. The first-order chi connectivity index (χ1) is 11.7. The van der Waals surface area contributed by atoms with E-state index in [9.17, 15) is 9.59 Å². The molecule has 0 spiro atoms. The van der Waals surface area contributed by atoms with Crippen molar-refractivity contribution in [2.24, 2.45) is 5.92 Å². The van der Waals surface area contributed by atoms with E-state index in [2.05, 4.69) is 24.3 Å². The maximum Gasteiger partial charge on any atom is 0.310 e. The van der Waals surface area contributed by atoms with E-state index in [4.69, 9.17) is 4.74 Å². The van der Waals surface area contributed by atoms with Crippen LogP contribution in [0.25, 0.3) is 0 Å². The van der Waals surface area contributed by atoms with Crippen molar-refractivity contribution >= 4 is 11.9 Å². The van der Waals surface area contributed by atoms with Crippen LogP contribution in [0.2, 0.25) is 0 Å². The number of methoxy groups -OCH3 is 1. The van der Waals surface area contributed by atoms with Crippen LogP contribution >= 0.6 is 0 Å². The third-order valence-corrected chi connectivity index (χ3v) is 4.56. The number of nitrogens with zero attached hydrogens (tertiary/aromatic N) is 1. The Hall–Kier alpha value is -2.62. The van der Waals surface area contributed by atoms with Crippen LogP contribution in [0.15, 0.2) is 60.7 Å². The van der Waals surface area contributed by atoms with Crippen molar-refractivity contribution in [3.05, 3.63) is 71.8 Å². The largest absolute Gasteiger partial charge is 0.469 e. The molecule has 0 aliphatic carbocycles. The summed E-state index contributed by atoms with van der Waals surface area (Å²) in [5, 5.41) is 0. The van der Waals surface area contributed by atoms with E-state index in [1.165, 1.54) is 7.11 Å².